The van der Waals surface area contributed by atoms with Gasteiger partial charge in [0.05, 0.1) is 13.2 Å². The summed E-state index contributed by atoms with van der Waals surface area (Å²) in [4.78, 5) is 13.2. The third kappa shape index (κ3) is 6.23. The number of carbonyl (C=O) groups is 1. The Hall–Kier alpha value is -1.70. The monoisotopic (exact) mass is 381 g/mol. The van der Waals surface area contributed by atoms with E-state index in [1.165, 1.54) is 6.92 Å². The van der Waals surface area contributed by atoms with Gasteiger partial charge in [0.15, 0.2) is 0 Å². The lowest BCUT2D eigenvalue weighted by Gasteiger charge is -2.26. The first-order valence-corrected chi connectivity index (χ1v) is 9.34. The van der Waals surface area contributed by atoms with Crippen molar-refractivity contribution in [3.8, 4) is 0 Å². The quantitative estimate of drug-likeness (QED) is 0.507. The Morgan fingerprint density at radius 2 is 1.92 bits per heavy atom. The van der Waals surface area contributed by atoms with E-state index in [9.17, 15) is 4.79 Å². The van der Waals surface area contributed by atoms with Gasteiger partial charge in [0, 0.05) is 26.4 Å². The highest BCUT2D eigenvalue weighted by atomic mass is 32.1. The Labute approximate surface area is 160 Å². The van der Waals surface area contributed by atoms with E-state index in [0.29, 0.717) is 24.8 Å². The summed E-state index contributed by atoms with van der Waals surface area (Å²) < 4.78 is 22.7. The van der Waals surface area contributed by atoms with Crippen molar-refractivity contribution in [3.63, 3.8) is 0 Å². The van der Waals surface area contributed by atoms with E-state index in [-0.39, 0.29) is 18.2 Å². The second kappa shape index (κ2) is 10.4. The van der Waals surface area contributed by atoms with Crippen LogP contribution in [0.15, 0.2) is 30.3 Å². The minimum Gasteiger partial charge on any atom is -0.464 e. The van der Waals surface area contributed by atoms with Crippen molar-refractivity contribution in [2.24, 2.45) is 0 Å². The van der Waals surface area contributed by atoms with Gasteiger partial charge in [-0.15, -0.1) is 0 Å². The van der Waals surface area contributed by atoms with Crippen molar-refractivity contribution in [1.82, 2.24) is 4.90 Å². The molecule has 0 radical (unpaired) electrons. The van der Waals surface area contributed by atoms with Crippen molar-refractivity contribution in [2.75, 3.05) is 19.7 Å². The molecule has 0 spiro atoms. The highest BCUT2D eigenvalue weighted by Crippen LogP contribution is 2.26. The lowest BCUT2D eigenvalue weighted by Crippen LogP contribution is -2.37. The molecule has 1 aliphatic heterocycles. The van der Waals surface area contributed by atoms with Gasteiger partial charge in [0.2, 0.25) is 6.29 Å². The first-order valence-electron chi connectivity index (χ1n) is 8.93. The molecule has 0 N–H and O–H groups in total. The molecule has 1 aromatic rings. The van der Waals surface area contributed by atoms with E-state index in [1.54, 1.807) is 0 Å². The highest BCUT2D eigenvalue weighted by molar-refractivity contribution is 7.80. The van der Waals surface area contributed by atoms with Crippen LogP contribution in [0.2, 0.25) is 0 Å². The van der Waals surface area contributed by atoms with Crippen LogP contribution in [0, 0.1) is 0 Å². The maximum atomic E-state index is 11.2. The van der Waals surface area contributed by atoms with E-state index in [0.717, 1.165) is 18.7 Å². The summed E-state index contributed by atoms with van der Waals surface area (Å²) in [5.74, 6) is -0.383. The van der Waals surface area contributed by atoms with Crippen molar-refractivity contribution in [2.45, 2.75) is 52.3 Å². The lowest BCUT2D eigenvalue weighted by molar-refractivity contribution is -0.176. The summed E-state index contributed by atoms with van der Waals surface area (Å²) in [5, 5.41) is 0.431. The van der Waals surface area contributed by atoms with Gasteiger partial charge in [0.25, 0.3) is 5.17 Å². The number of rotatable bonds is 8. The third-order valence-electron chi connectivity index (χ3n) is 4.13. The van der Waals surface area contributed by atoms with Crippen molar-refractivity contribution in [3.05, 3.63) is 35.9 Å². The number of esters is 1. The first-order chi connectivity index (χ1) is 12.5. The van der Waals surface area contributed by atoms with Crippen molar-refractivity contribution >= 4 is 23.4 Å². The molecule has 0 saturated carbocycles. The molecular weight excluding hydrogens is 354 g/mol. The molecular formula is C19H27NO5S. The van der Waals surface area contributed by atoms with E-state index < -0.39 is 6.29 Å². The molecule has 3 atom stereocenters. The van der Waals surface area contributed by atoms with Crippen LogP contribution in [-0.4, -0.2) is 54.2 Å². The molecule has 1 saturated heterocycles. The fourth-order valence-corrected chi connectivity index (χ4v) is 3.15. The predicted molar refractivity (Wildman–Crippen MR) is 102 cm³/mol. The van der Waals surface area contributed by atoms with Gasteiger partial charge in [-0.1, -0.05) is 30.3 Å². The number of nitrogens with zero attached hydrogens (tertiary/aromatic N) is 1. The molecule has 0 unspecified atom stereocenters. The number of benzene rings is 1. The highest BCUT2D eigenvalue weighted by Gasteiger charge is 2.39. The average molecular weight is 381 g/mol. The Kier molecular flexibility index (Phi) is 8.28. The number of ether oxygens (including phenoxy) is 4. The second-order valence-electron chi connectivity index (χ2n) is 6.04. The van der Waals surface area contributed by atoms with Crippen LogP contribution in [-0.2, 0) is 30.3 Å². The molecule has 1 heterocycles. The summed E-state index contributed by atoms with van der Waals surface area (Å²) >= 11 is 5.38. The minimum atomic E-state index is -0.637. The van der Waals surface area contributed by atoms with Gasteiger partial charge in [0.1, 0.15) is 12.2 Å². The van der Waals surface area contributed by atoms with Gasteiger partial charge < -0.3 is 23.8 Å². The normalized spacial score (nSPS) is 22.0. The molecule has 0 aliphatic carbocycles. The summed E-state index contributed by atoms with van der Waals surface area (Å²) in [5.41, 5.74) is 1.08. The SMILES string of the molecule is CCN(CC)C(=S)O[C@H]1C[C@H](OC(C)=O)O[C@@H]1COCc1ccccc1. The largest absolute Gasteiger partial charge is 0.464 e. The first kappa shape index (κ1) is 20.6. The maximum absolute atomic E-state index is 11.2. The number of hydrogen-bond acceptors (Lipinski definition) is 6. The fraction of sp³-hybridized carbons (Fsp3) is 0.579. The Morgan fingerprint density at radius 1 is 1.23 bits per heavy atom. The molecule has 2 rings (SSSR count). The number of hydrogen-bond donors (Lipinski definition) is 0. The molecule has 0 bridgehead atoms. The molecule has 26 heavy (non-hydrogen) atoms. The van der Waals surface area contributed by atoms with Gasteiger partial charge in [-0.25, -0.2) is 0 Å². The Morgan fingerprint density at radius 3 is 2.54 bits per heavy atom. The van der Waals surface area contributed by atoms with Crippen LogP contribution in [0.4, 0.5) is 0 Å². The molecule has 1 aromatic carbocycles. The van der Waals surface area contributed by atoms with Crippen LogP contribution in [0.3, 0.4) is 0 Å². The summed E-state index contributed by atoms with van der Waals surface area (Å²) in [6, 6.07) is 9.90. The van der Waals surface area contributed by atoms with Crippen LogP contribution in [0.1, 0.15) is 32.8 Å². The van der Waals surface area contributed by atoms with Crippen LogP contribution in [0.25, 0.3) is 0 Å². The zero-order valence-electron chi connectivity index (χ0n) is 15.6. The molecule has 1 fully saturated rings. The van der Waals surface area contributed by atoms with Gasteiger partial charge >= 0.3 is 5.97 Å². The summed E-state index contributed by atoms with van der Waals surface area (Å²) in [6.07, 6.45) is -0.873. The molecule has 144 valence electrons. The summed E-state index contributed by atoms with van der Waals surface area (Å²) in [7, 11) is 0. The smallest absolute Gasteiger partial charge is 0.304 e. The zero-order valence-corrected chi connectivity index (χ0v) is 16.4. The number of carbonyl (C=O) groups excluding carboxylic acids is 1. The Balaban J connectivity index is 1.92. The second-order valence-corrected chi connectivity index (χ2v) is 6.39. The van der Waals surface area contributed by atoms with Gasteiger partial charge in [-0.2, -0.15) is 0 Å². The van der Waals surface area contributed by atoms with E-state index >= 15 is 0 Å². The van der Waals surface area contributed by atoms with Crippen molar-refractivity contribution < 1.29 is 23.7 Å². The van der Waals surface area contributed by atoms with Crippen molar-refractivity contribution in [1.29, 1.82) is 0 Å². The van der Waals surface area contributed by atoms with Crippen LogP contribution < -0.4 is 0 Å². The van der Waals surface area contributed by atoms with E-state index in [2.05, 4.69) is 0 Å². The lowest BCUT2D eigenvalue weighted by atomic mass is 10.2. The molecule has 0 amide bonds. The molecule has 7 heteroatoms. The minimum absolute atomic E-state index is 0.316. The Bertz CT molecular complexity index is 579. The van der Waals surface area contributed by atoms with E-state index in [4.69, 9.17) is 31.2 Å². The van der Waals surface area contributed by atoms with Gasteiger partial charge in [-0.05, 0) is 31.6 Å². The molecule has 6 nitrogen and oxygen atoms in total. The van der Waals surface area contributed by atoms with Gasteiger partial charge in [-0.3, -0.25) is 4.79 Å². The van der Waals surface area contributed by atoms with Crippen LogP contribution in [0.5, 0.6) is 0 Å². The maximum Gasteiger partial charge on any atom is 0.304 e. The topological polar surface area (TPSA) is 57.2 Å². The van der Waals surface area contributed by atoms with E-state index in [1.807, 2.05) is 49.1 Å². The third-order valence-corrected chi connectivity index (χ3v) is 4.49. The molecule has 1 aliphatic rings. The number of thiocarbonyl (C=S) groups is 1. The standard InChI is InChI=1S/C19H27NO5S/c1-4-20(5-2)19(26)25-16-11-18(23-14(3)21)24-17(16)13-22-12-15-9-7-6-8-10-15/h6-10,16-18H,4-5,11-13H2,1-3H3/t16-,17+,18+/m0/s1. The average Bonchev–Trinajstić information content (AvgIpc) is 2.97. The summed E-state index contributed by atoms with van der Waals surface area (Å²) in [6.45, 7) is 7.75. The fourth-order valence-electron chi connectivity index (χ4n) is 2.76. The predicted octanol–water partition coefficient (Wildman–Crippen LogP) is 2.89. The zero-order chi connectivity index (χ0) is 18.9. The van der Waals surface area contributed by atoms with Crippen LogP contribution >= 0.6 is 12.2 Å². The molecule has 0 aromatic heterocycles.